The molecule has 24 heavy (non-hydrogen) atoms. The van der Waals surface area contributed by atoms with E-state index in [0.29, 0.717) is 21.6 Å². The molecule has 1 amide bonds. The Morgan fingerprint density at radius 2 is 1.67 bits per heavy atom. The summed E-state index contributed by atoms with van der Waals surface area (Å²) in [6, 6.07) is 14.2. The van der Waals surface area contributed by atoms with Gasteiger partial charge in [-0.05, 0) is 36.4 Å². The third-order valence-corrected chi connectivity index (χ3v) is 3.70. The average molecular weight is 359 g/mol. The van der Waals surface area contributed by atoms with E-state index in [1.807, 2.05) is 12.1 Å². The SMILES string of the molecule is O=C(Nc1ccccc1Cl)c1cnc(Nc2ccc(Cl)cc2)cn1. The van der Waals surface area contributed by atoms with Gasteiger partial charge < -0.3 is 10.6 Å². The first kappa shape index (κ1) is 16.2. The first-order chi connectivity index (χ1) is 11.6. The van der Waals surface area contributed by atoms with Crippen LogP contribution in [0.1, 0.15) is 10.5 Å². The van der Waals surface area contributed by atoms with Crippen LogP contribution in [0, 0.1) is 0 Å². The van der Waals surface area contributed by atoms with E-state index in [1.54, 1.807) is 36.4 Å². The Bertz CT molecular complexity index is 851. The quantitative estimate of drug-likeness (QED) is 0.704. The molecule has 2 N–H and O–H groups in total. The van der Waals surface area contributed by atoms with Gasteiger partial charge in [-0.2, -0.15) is 0 Å². The Hall–Kier alpha value is -2.63. The van der Waals surface area contributed by atoms with Crippen LogP contribution < -0.4 is 10.6 Å². The molecule has 0 atom stereocenters. The number of nitrogens with zero attached hydrogens (tertiary/aromatic N) is 2. The molecule has 0 bridgehead atoms. The van der Waals surface area contributed by atoms with Gasteiger partial charge in [0.05, 0.1) is 23.1 Å². The lowest BCUT2D eigenvalue weighted by Gasteiger charge is -2.08. The lowest BCUT2D eigenvalue weighted by Crippen LogP contribution is -2.14. The topological polar surface area (TPSA) is 66.9 Å². The fourth-order valence-corrected chi connectivity index (χ4v) is 2.25. The molecule has 0 saturated heterocycles. The second-order valence-electron chi connectivity index (χ2n) is 4.85. The summed E-state index contributed by atoms with van der Waals surface area (Å²) in [6.07, 6.45) is 2.88. The van der Waals surface area contributed by atoms with Crippen molar-refractivity contribution < 1.29 is 4.79 Å². The molecule has 0 radical (unpaired) electrons. The van der Waals surface area contributed by atoms with Gasteiger partial charge in [-0.1, -0.05) is 35.3 Å². The Kier molecular flexibility index (Phi) is 4.93. The average Bonchev–Trinajstić information content (AvgIpc) is 2.59. The largest absolute Gasteiger partial charge is 0.339 e. The van der Waals surface area contributed by atoms with Crippen molar-refractivity contribution in [3.63, 3.8) is 0 Å². The van der Waals surface area contributed by atoms with Gasteiger partial charge in [-0.25, -0.2) is 9.97 Å². The van der Waals surface area contributed by atoms with E-state index in [2.05, 4.69) is 20.6 Å². The number of halogens is 2. The van der Waals surface area contributed by atoms with E-state index in [4.69, 9.17) is 23.2 Å². The molecule has 0 saturated carbocycles. The third-order valence-electron chi connectivity index (χ3n) is 3.12. The van der Waals surface area contributed by atoms with Crippen molar-refractivity contribution in [2.75, 3.05) is 10.6 Å². The Labute approximate surface area is 148 Å². The smallest absolute Gasteiger partial charge is 0.275 e. The summed E-state index contributed by atoms with van der Waals surface area (Å²) in [6.45, 7) is 0. The second-order valence-corrected chi connectivity index (χ2v) is 5.70. The van der Waals surface area contributed by atoms with Crippen LogP contribution in [0.4, 0.5) is 17.2 Å². The number of rotatable bonds is 4. The van der Waals surface area contributed by atoms with E-state index < -0.39 is 0 Å². The highest BCUT2D eigenvalue weighted by Gasteiger charge is 2.10. The highest BCUT2D eigenvalue weighted by molar-refractivity contribution is 6.33. The van der Waals surface area contributed by atoms with Gasteiger partial charge in [0.2, 0.25) is 0 Å². The summed E-state index contributed by atoms with van der Waals surface area (Å²) >= 11 is 11.9. The van der Waals surface area contributed by atoms with Crippen LogP contribution in [0.3, 0.4) is 0 Å². The lowest BCUT2D eigenvalue weighted by atomic mass is 10.3. The number of anilines is 3. The van der Waals surface area contributed by atoms with Crippen molar-refractivity contribution in [3.8, 4) is 0 Å². The number of nitrogens with one attached hydrogen (secondary N) is 2. The van der Waals surface area contributed by atoms with Gasteiger partial charge in [0.15, 0.2) is 0 Å². The molecule has 7 heteroatoms. The number of carbonyl (C=O) groups is 1. The molecule has 3 aromatic rings. The molecule has 1 heterocycles. The standard InChI is InChI=1S/C17H12Cl2N4O/c18-11-5-7-12(8-6-11)22-16-10-20-15(9-21-16)17(24)23-14-4-2-1-3-13(14)19/h1-10H,(H,21,22)(H,23,24). The van der Waals surface area contributed by atoms with Crippen molar-refractivity contribution in [2.24, 2.45) is 0 Å². The highest BCUT2D eigenvalue weighted by Crippen LogP contribution is 2.21. The van der Waals surface area contributed by atoms with Crippen molar-refractivity contribution in [3.05, 3.63) is 76.7 Å². The molecule has 0 aliphatic rings. The van der Waals surface area contributed by atoms with Crippen molar-refractivity contribution in [1.82, 2.24) is 9.97 Å². The van der Waals surface area contributed by atoms with Crippen molar-refractivity contribution in [1.29, 1.82) is 0 Å². The van der Waals surface area contributed by atoms with Gasteiger partial charge in [-0.3, -0.25) is 4.79 Å². The molecule has 5 nitrogen and oxygen atoms in total. The summed E-state index contributed by atoms with van der Waals surface area (Å²) in [5, 5.41) is 6.87. The number of hydrogen-bond donors (Lipinski definition) is 2. The zero-order valence-electron chi connectivity index (χ0n) is 12.3. The predicted octanol–water partition coefficient (Wildman–Crippen LogP) is 4.78. The highest BCUT2D eigenvalue weighted by atomic mass is 35.5. The molecule has 1 aromatic heterocycles. The zero-order valence-corrected chi connectivity index (χ0v) is 13.8. The molecule has 0 spiro atoms. The zero-order chi connectivity index (χ0) is 16.9. The van der Waals surface area contributed by atoms with Crippen LogP contribution in [0.5, 0.6) is 0 Å². The first-order valence-corrected chi connectivity index (χ1v) is 7.78. The Balaban J connectivity index is 1.68. The number of para-hydroxylation sites is 1. The Morgan fingerprint density at radius 3 is 2.33 bits per heavy atom. The maximum atomic E-state index is 12.2. The second kappa shape index (κ2) is 7.29. The minimum atomic E-state index is -0.381. The normalized spacial score (nSPS) is 10.2. The molecule has 0 aliphatic carbocycles. The van der Waals surface area contributed by atoms with Gasteiger partial charge in [0.25, 0.3) is 5.91 Å². The van der Waals surface area contributed by atoms with Gasteiger partial charge in [0.1, 0.15) is 11.5 Å². The minimum absolute atomic E-state index is 0.191. The summed E-state index contributed by atoms with van der Waals surface area (Å²) < 4.78 is 0. The number of carbonyl (C=O) groups excluding carboxylic acids is 1. The van der Waals surface area contributed by atoms with E-state index in [0.717, 1.165) is 5.69 Å². The van der Waals surface area contributed by atoms with E-state index >= 15 is 0 Å². The third kappa shape index (κ3) is 4.01. The lowest BCUT2D eigenvalue weighted by molar-refractivity contribution is 0.102. The minimum Gasteiger partial charge on any atom is -0.339 e. The maximum absolute atomic E-state index is 12.2. The first-order valence-electron chi connectivity index (χ1n) is 7.02. The van der Waals surface area contributed by atoms with Crippen LogP contribution >= 0.6 is 23.2 Å². The summed E-state index contributed by atoms with van der Waals surface area (Å²) in [5.74, 6) is 0.139. The van der Waals surface area contributed by atoms with Crippen molar-refractivity contribution in [2.45, 2.75) is 0 Å². The van der Waals surface area contributed by atoms with Crippen LogP contribution in [-0.4, -0.2) is 15.9 Å². The van der Waals surface area contributed by atoms with Crippen LogP contribution in [0.15, 0.2) is 60.9 Å². The monoisotopic (exact) mass is 358 g/mol. The molecule has 0 fully saturated rings. The number of amides is 1. The molecule has 2 aromatic carbocycles. The summed E-state index contributed by atoms with van der Waals surface area (Å²) in [4.78, 5) is 20.5. The molecular formula is C17H12Cl2N4O. The van der Waals surface area contributed by atoms with E-state index in [9.17, 15) is 4.79 Å². The maximum Gasteiger partial charge on any atom is 0.275 e. The summed E-state index contributed by atoms with van der Waals surface area (Å²) in [5.41, 5.74) is 1.54. The van der Waals surface area contributed by atoms with E-state index in [-0.39, 0.29) is 11.6 Å². The summed E-state index contributed by atoms with van der Waals surface area (Å²) in [7, 11) is 0. The van der Waals surface area contributed by atoms with Gasteiger partial charge in [-0.15, -0.1) is 0 Å². The van der Waals surface area contributed by atoms with Crippen LogP contribution in [0.2, 0.25) is 10.0 Å². The number of benzene rings is 2. The number of hydrogen-bond acceptors (Lipinski definition) is 4. The Morgan fingerprint density at radius 1 is 0.917 bits per heavy atom. The van der Waals surface area contributed by atoms with Crippen LogP contribution in [0.25, 0.3) is 0 Å². The van der Waals surface area contributed by atoms with E-state index in [1.165, 1.54) is 12.4 Å². The predicted molar refractivity (Wildman–Crippen MR) is 96.2 cm³/mol. The fourth-order valence-electron chi connectivity index (χ4n) is 1.94. The van der Waals surface area contributed by atoms with Crippen LogP contribution in [-0.2, 0) is 0 Å². The molecule has 0 unspecified atom stereocenters. The van der Waals surface area contributed by atoms with Gasteiger partial charge >= 0.3 is 0 Å². The number of aromatic nitrogens is 2. The van der Waals surface area contributed by atoms with Crippen molar-refractivity contribution >= 4 is 46.3 Å². The molecular weight excluding hydrogens is 347 g/mol. The van der Waals surface area contributed by atoms with Gasteiger partial charge in [0, 0.05) is 10.7 Å². The molecule has 3 rings (SSSR count). The molecule has 120 valence electrons. The molecule has 0 aliphatic heterocycles. The fraction of sp³-hybridized carbons (Fsp3) is 0.